The number of benzene rings is 1. The number of ether oxygens (including phenoxy) is 1. The molecule has 0 radical (unpaired) electrons. The van der Waals surface area contributed by atoms with E-state index in [-0.39, 0.29) is 28.2 Å². The van der Waals surface area contributed by atoms with Crippen LogP contribution < -0.4 is 9.46 Å². The fraction of sp³-hybridized carbons (Fsp3) is 0.200. The summed E-state index contributed by atoms with van der Waals surface area (Å²) in [6, 6.07) is 11.3. The topological polar surface area (TPSA) is 85.4 Å². The zero-order chi connectivity index (χ0) is 21.0. The molecule has 2 heterocycles. The van der Waals surface area contributed by atoms with Crippen LogP contribution in [0.15, 0.2) is 58.9 Å². The third-order valence-electron chi connectivity index (χ3n) is 3.83. The zero-order valence-electron chi connectivity index (χ0n) is 15.8. The van der Waals surface area contributed by atoms with Gasteiger partial charge in [-0.3, -0.25) is 9.52 Å². The number of sulfonamides is 1. The van der Waals surface area contributed by atoms with Crippen LogP contribution in [0.5, 0.6) is 5.75 Å². The molecule has 1 N–H and O–H groups in total. The Morgan fingerprint density at radius 3 is 2.55 bits per heavy atom. The molecule has 6 nitrogen and oxygen atoms in total. The van der Waals surface area contributed by atoms with Crippen molar-refractivity contribution in [2.75, 3.05) is 4.72 Å². The first-order chi connectivity index (χ1) is 13.8. The maximum atomic E-state index is 12.9. The van der Waals surface area contributed by atoms with Gasteiger partial charge in [0, 0.05) is 10.6 Å². The molecule has 0 unspecified atom stereocenters. The lowest BCUT2D eigenvalue weighted by atomic mass is 10.1. The minimum atomic E-state index is -3.92. The van der Waals surface area contributed by atoms with E-state index in [1.807, 2.05) is 13.8 Å². The minimum Gasteiger partial charge on any atom is -0.491 e. The first kappa shape index (κ1) is 21.7. The monoisotopic (exact) mass is 542 g/mol. The van der Waals surface area contributed by atoms with Crippen LogP contribution in [-0.4, -0.2) is 25.3 Å². The second kappa shape index (κ2) is 9.23. The zero-order valence-corrected chi connectivity index (χ0v) is 19.5. The van der Waals surface area contributed by atoms with Crippen LogP contribution >= 0.6 is 33.9 Å². The molecular weight excluding hydrogens is 523 g/mol. The first-order valence-electron chi connectivity index (χ1n) is 8.73. The maximum absolute atomic E-state index is 12.9. The van der Waals surface area contributed by atoms with Crippen LogP contribution in [0.2, 0.25) is 0 Å². The van der Waals surface area contributed by atoms with Gasteiger partial charge in [-0.15, -0.1) is 11.3 Å². The van der Waals surface area contributed by atoms with Crippen molar-refractivity contribution in [2.24, 2.45) is 0 Å². The third-order valence-corrected chi connectivity index (χ3v) is 6.93. The van der Waals surface area contributed by atoms with Crippen LogP contribution in [0.25, 0.3) is 0 Å². The first-order valence-corrected chi connectivity index (χ1v) is 12.6. The number of ketones is 1. The molecule has 3 rings (SSSR count). The van der Waals surface area contributed by atoms with Gasteiger partial charge in [0.15, 0.2) is 5.82 Å². The van der Waals surface area contributed by atoms with Gasteiger partial charge in [0.05, 0.1) is 21.4 Å². The Hall–Kier alpha value is -1.98. The van der Waals surface area contributed by atoms with Crippen molar-refractivity contribution in [3.05, 3.63) is 70.0 Å². The Kier molecular flexibility index (Phi) is 6.91. The number of hydrogen-bond acceptors (Lipinski definition) is 6. The number of carbonyl (C=O) groups excluding carboxylic acids is 1. The second-order valence-corrected chi connectivity index (χ2v) is 9.82. The number of hydrogen-bond donors (Lipinski definition) is 1. The Morgan fingerprint density at radius 1 is 1.24 bits per heavy atom. The highest BCUT2D eigenvalue weighted by Gasteiger charge is 2.22. The largest absolute Gasteiger partial charge is 0.491 e. The van der Waals surface area contributed by atoms with Crippen molar-refractivity contribution in [2.45, 2.75) is 29.3 Å². The summed E-state index contributed by atoms with van der Waals surface area (Å²) >= 11 is 3.47. The standard InChI is InChI=1S/C20H19IN2O4S2/c1-13(2)27-15-5-7-16(8-6-15)29(25,26)23-20-17(10-14(11-21)12-22-20)19(24)18-4-3-9-28-18/h3-10,12-13H,11H2,1-2H3,(H,22,23). The number of carbonyl (C=O) groups is 1. The lowest BCUT2D eigenvalue weighted by Gasteiger charge is -2.13. The van der Waals surface area contributed by atoms with Crippen molar-refractivity contribution in [1.29, 1.82) is 0 Å². The Balaban J connectivity index is 1.93. The van der Waals surface area contributed by atoms with E-state index >= 15 is 0 Å². The Morgan fingerprint density at radius 2 is 1.97 bits per heavy atom. The van der Waals surface area contributed by atoms with Crippen LogP contribution in [0.1, 0.15) is 34.6 Å². The molecule has 3 aromatic rings. The summed E-state index contributed by atoms with van der Waals surface area (Å²) in [5, 5.41) is 1.80. The highest BCUT2D eigenvalue weighted by atomic mass is 127. The number of aromatic nitrogens is 1. The molecule has 1 aromatic carbocycles. The van der Waals surface area contributed by atoms with Crippen LogP contribution in [0.4, 0.5) is 5.82 Å². The molecule has 0 saturated carbocycles. The SMILES string of the molecule is CC(C)Oc1ccc(S(=O)(=O)Nc2ncc(CI)cc2C(=O)c2cccs2)cc1. The highest BCUT2D eigenvalue weighted by molar-refractivity contribution is 14.1. The average Bonchev–Trinajstić information content (AvgIpc) is 3.22. The van der Waals surface area contributed by atoms with Gasteiger partial charge in [-0.1, -0.05) is 28.7 Å². The van der Waals surface area contributed by atoms with E-state index in [1.165, 1.54) is 23.5 Å². The van der Waals surface area contributed by atoms with Gasteiger partial charge in [-0.2, -0.15) is 0 Å². The quantitative estimate of drug-likeness (QED) is 0.249. The molecule has 0 spiro atoms. The summed E-state index contributed by atoms with van der Waals surface area (Å²) < 4.78 is 34.4. The number of halogens is 1. The number of nitrogens with zero attached hydrogens (tertiary/aromatic N) is 1. The van der Waals surface area contributed by atoms with Gasteiger partial charge in [0.1, 0.15) is 5.75 Å². The van der Waals surface area contributed by atoms with Gasteiger partial charge in [-0.05, 0) is 61.2 Å². The van der Waals surface area contributed by atoms with Gasteiger partial charge in [-0.25, -0.2) is 13.4 Å². The molecule has 29 heavy (non-hydrogen) atoms. The van der Waals surface area contributed by atoms with Gasteiger partial charge in [0.2, 0.25) is 5.78 Å². The van der Waals surface area contributed by atoms with E-state index in [0.717, 1.165) is 5.56 Å². The van der Waals surface area contributed by atoms with Crippen LogP contribution in [-0.2, 0) is 14.5 Å². The number of alkyl halides is 1. The summed E-state index contributed by atoms with van der Waals surface area (Å²) in [5.74, 6) is 0.328. The molecule has 0 bridgehead atoms. The number of rotatable bonds is 8. The summed E-state index contributed by atoms with van der Waals surface area (Å²) in [7, 11) is -3.92. The van der Waals surface area contributed by atoms with Crippen molar-refractivity contribution in [3.8, 4) is 5.75 Å². The van der Waals surface area contributed by atoms with E-state index in [4.69, 9.17) is 4.74 Å². The molecule has 0 saturated heterocycles. The predicted molar refractivity (Wildman–Crippen MR) is 123 cm³/mol. The minimum absolute atomic E-state index is 0.0120. The molecule has 2 aromatic heterocycles. The number of nitrogens with one attached hydrogen (secondary N) is 1. The van der Waals surface area contributed by atoms with Gasteiger partial charge in [0.25, 0.3) is 10.0 Å². The fourth-order valence-electron chi connectivity index (χ4n) is 2.53. The van der Waals surface area contributed by atoms with E-state index in [2.05, 4.69) is 32.3 Å². The molecule has 9 heteroatoms. The van der Waals surface area contributed by atoms with Crippen molar-refractivity contribution < 1.29 is 17.9 Å². The molecule has 0 aliphatic carbocycles. The molecule has 0 aliphatic heterocycles. The van der Waals surface area contributed by atoms with Crippen LogP contribution in [0.3, 0.4) is 0 Å². The van der Waals surface area contributed by atoms with Crippen molar-refractivity contribution >= 4 is 55.6 Å². The highest BCUT2D eigenvalue weighted by Crippen LogP contribution is 2.25. The molecule has 0 fully saturated rings. The smallest absolute Gasteiger partial charge is 0.263 e. The molecular formula is C20H19IN2O4S2. The van der Waals surface area contributed by atoms with Gasteiger partial charge >= 0.3 is 0 Å². The lowest BCUT2D eigenvalue weighted by Crippen LogP contribution is -2.17. The summed E-state index contributed by atoms with van der Waals surface area (Å²) in [4.78, 5) is 17.7. The normalized spacial score (nSPS) is 11.4. The average molecular weight is 542 g/mol. The Labute approximate surface area is 187 Å². The fourth-order valence-corrected chi connectivity index (χ4v) is 4.66. The summed E-state index contributed by atoms with van der Waals surface area (Å²) in [6.45, 7) is 3.78. The van der Waals surface area contributed by atoms with E-state index in [1.54, 1.807) is 41.9 Å². The van der Waals surface area contributed by atoms with Crippen molar-refractivity contribution in [1.82, 2.24) is 4.98 Å². The van der Waals surface area contributed by atoms with E-state index in [0.29, 0.717) is 15.1 Å². The summed E-state index contributed by atoms with van der Waals surface area (Å²) in [5.41, 5.74) is 1.06. The van der Waals surface area contributed by atoms with E-state index < -0.39 is 10.0 Å². The second-order valence-electron chi connectivity index (χ2n) is 6.42. The van der Waals surface area contributed by atoms with E-state index in [9.17, 15) is 13.2 Å². The third kappa shape index (κ3) is 5.34. The summed E-state index contributed by atoms with van der Waals surface area (Å²) in [6.07, 6.45) is 1.55. The molecule has 0 atom stereocenters. The predicted octanol–water partition coefficient (Wildman–Crippen LogP) is 4.90. The maximum Gasteiger partial charge on any atom is 0.263 e. The lowest BCUT2D eigenvalue weighted by molar-refractivity contribution is 0.104. The van der Waals surface area contributed by atoms with Crippen molar-refractivity contribution in [3.63, 3.8) is 0 Å². The van der Waals surface area contributed by atoms with Gasteiger partial charge < -0.3 is 4.74 Å². The Bertz CT molecular complexity index is 1100. The molecule has 0 amide bonds. The molecule has 152 valence electrons. The number of thiophene rings is 1. The number of anilines is 1. The van der Waals surface area contributed by atoms with Crippen LogP contribution in [0, 0.1) is 0 Å². The molecule has 0 aliphatic rings. The number of pyridine rings is 1.